The zero-order valence-electron chi connectivity index (χ0n) is 21.9. The minimum absolute atomic E-state index is 0.0232. The molecule has 0 bridgehead atoms. The predicted molar refractivity (Wildman–Crippen MR) is 156 cm³/mol. The van der Waals surface area contributed by atoms with Crippen LogP contribution in [0.3, 0.4) is 0 Å². The Morgan fingerprint density at radius 1 is 0.970 bits per heavy atom. The van der Waals surface area contributed by atoms with E-state index in [1.165, 1.54) is 21.3 Å². The van der Waals surface area contributed by atoms with Crippen molar-refractivity contribution < 1.29 is 4.43 Å². The van der Waals surface area contributed by atoms with Crippen LogP contribution in [-0.2, 0) is 4.43 Å². The molecule has 0 aliphatic rings. The quantitative estimate of drug-likeness (QED) is 0.189. The summed E-state index contributed by atoms with van der Waals surface area (Å²) in [5.41, 5.74) is 0. The van der Waals surface area contributed by atoms with Crippen LogP contribution < -0.4 is 10.4 Å². The molecular formula is C28H43NOSSi2. The van der Waals surface area contributed by atoms with Crippen molar-refractivity contribution in [1.82, 2.24) is 0 Å². The Morgan fingerprint density at radius 3 is 1.91 bits per heavy atom. The molecule has 0 saturated heterocycles. The maximum Gasteiger partial charge on any atom is 0.261 e. The second kappa shape index (κ2) is 12.3. The summed E-state index contributed by atoms with van der Waals surface area (Å²) < 4.78 is 7.06. The molecule has 33 heavy (non-hydrogen) atoms. The normalized spacial score (nSPS) is 14.6. The Morgan fingerprint density at radius 2 is 1.48 bits per heavy atom. The summed E-state index contributed by atoms with van der Waals surface area (Å²) in [5.74, 6) is 0. The standard InChI is InChI=1S/C28H43NOSSi2/c1-24(22-29-21-15-16-25(31-5)23-32(6,7)8)30-33(28(2,3)4,26-17-11-9-12-18-26)27-19-13-10-14-20-27/h9-14,16-20,22,24H,15,21,23H2,1-8H3/b25-16+,29-22?. The van der Waals surface area contributed by atoms with Crippen LogP contribution in [0.1, 0.15) is 34.1 Å². The minimum Gasteiger partial charge on any atom is -0.400 e. The Hall–Kier alpha value is -1.41. The first kappa shape index (κ1) is 27.8. The maximum atomic E-state index is 7.06. The summed E-state index contributed by atoms with van der Waals surface area (Å²) in [5, 5.41) is 2.59. The second-order valence-corrected chi connectivity index (χ2v) is 21.6. The van der Waals surface area contributed by atoms with E-state index in [2.05, 4.69) is 120 Å². The summed E-state index contributed by atoms with van der Waals surface area (Å²) >= 11 is 1.89. The van der Waals surface area contributed by atoms with Crippen LogP contribution in [-0.4, -0.2) is 41.5 Å². The van der Waals surface area contributed by atoms with Crippen molar-refractivity contribution in [2.45, 2.75) is 70.9 Å². The van der Waals surface area contributed by atoms with E-state index in [0.717, 1.165) is 13.0 Å². The largest absolute Gasteiger partial charge is 0.400 e. The SMILES string of the molecule is CS/C(=C/CCN=CC(C)O[Si](c1ccccc1)(c1ccccc1)C(C)(C)C)C[Si](C)(C)C. The van der Waals surface area contributed by atoms with Gasteiger partial charge in [-0.15, -0.1) is 11.8 Å². The molecule has 2 aromatic carbocycles. The molecule has 0 heterocycles. The van der Waals surface area contributed by atoms with Gasteiger partial charge in [0.15, 0.2) is 0 Å². The fraction of sp³-hybridized carbons (Fsp3) is 0.464. The van der Waals surface area contributed by atoms with E-state index in [9.17, 15) is 0 Å². The third-order valence-corrected chi connectivity index (χ3v) is 13.4. The van der Waals surface area contributed by atoms with Gasteiger partial charge in [0.25, 0.3) is 8.32 Å². The number of hydrogen-bond donors (Lipinski definition) is 0. The third kappa shape index (κ3) is 8.09. The average molecular weight is 498 g/mol. The van der Waals surface area contributed by atoms with Crippen molar-refractivity contribution in [1.29, 1.82) is 0 Å². The monoisotopic (exact) mass is 497 g/mol. The van der Waals surface area contributed by atoms with Crippen molar-refractivity contribution in [2.75, 3.05) is 12.8 Å². The van der Waals surface area contributed by atoms with Gasteiger partial charge in [-0.2, -0.15) is 0 Å². The number of hydrogen-bond acceptors (Lipinski definition) is 3. The van der Waals surface area contributed by atoms with Gasteiger partial charge in [0, 0.05) is 20.8 Å². The topological polar surface area (TPSA) is 21.6 Å². The highest BCUT2D eigenvalue weighted by molar-refractivity contribution is 8.02. The second-order valence-electron chi connectivity index (χ2n) is 10.9. The molecular weight excluding hydrogens is 455 g/mol. The molecule has 0 saturated carbocycles. The highest BCUT2D eigenvalue weighted by Crippen LogP contribution is 2.37. The molecule has 0 fully saturated rings. The number of aliphatic imine (C=N–C) groups is 1. The molecule has 0 aliphatic carbocycles. The van der Waals surface area contributed by atoms with Crippen LogP contribution in [0, 0.1) is 0 Å². The van der Waals surface area contributed by atoms with Crippen molar-refractivity contribution in [3.63, 3.8) is 0 Å². The van der Waals surface area contributed by atoms with Crippen molar-refractivity contribution in [3.8, 4) is 0 Å². The van der Waals surface area contributed by atoms with Crippen molar-refractivity contribution in [3.05, 3.63) is 71.6 Å². The fourth-order valence-corrected chi connectivity index (χ4v) is 12.3. The first-order valence-electron chi connectivity index (χ1n) is 12.0. The van der Waals surface area contributed by atoms with Gasteiger partial charge in [-0.05, 0) is 46.0 Å². The molecule has 2 nitrogen and oxygen atoms in total. The number of benzene rings is 2. The fourth-order valence-electron chi connectivity index (χ4n) is 4.27. The van der Waals surface area contributed by atoms with Gasteiger partial charge >= 0.3 is 0 Å². The molecule has 2 rings (SSSR count). The van der Waals surface area contributed by atoms with Crippen molar-refractivity contribution >= 4 is 44.7 Å². The van der Waals surface area contributed by atoms with Gasteiger partial charge < -0.3 is 4.43 Å². The molecule has 1 atom stereocenters. The minimum atomic E-state index is -2.53. The highest BCUT2D eigenvalue weighted by Gasteiger charge is 2.50. The van der Waals surface area contributed by atoms with Gasteiger partial charge in [0.05, 0.1) is 6.10 Å². The van der Waals surface area contributed by atoms with Gasteiger partial charge in [-0.25, -0.2) is 0 Å². The van der Waals surface area contributed by atoms with Crippen LogP contribution in [0.2, 0.25) is 30.7 Å². The summed E-state index contributed by atoms with van der Waals surface area (Å²) in [6.07, 6.45) is 7.53. The molecule has 0 amide bonds. The van der Waals surface area contributed by atoms with E-state index in [0.29, 0.717) is 0 Å². The molecule has 0 radical (unpaired) electrons. The van der Waals surface area contributed by atoms with E-state index < -0.39 is 16.4 Å². The average Bonchev–Trinajstić information content (AvgIpc) is 2.76. The number of thioether (sulfide) groups is 1. The Balaban J connectivity index is 2.22. The summed E-state index contributed by atoms with van der Waals surface area (Å²) in [7, 11) is -3.61. The lowest BCUT2D eigenvalue weighted by Crippen LogP contribution is -2.67. The third-order valence-electron chi connectivity index (χ3n) is 5.69. The highest BCUT2D eigenvalue weighted by atomic mass is 32.2. The zero-order chi connectivity index (χ0) is 24.5. The van der Waals surface area contributed by atoms with Gasteiger partial charge in [-0.1, -0.05) is 107 Å². The van der Waals surface area contributed by atoms with Gasteiger partial charge in [-0.3, -0.25) is 4.99 Å². The number of allylic oxidation sites excluding steroid dienone is 1. The van der Waals surface area contributed by atoms with Crippen LogP contribution in [0.5, 0.6) is 0 Å². The van der Waals surface area contributed by atoms with E-state index in [1.807, 2.05) is 18.0 Å². The lowest BCUT2D eigenvalue weighted by molar-refractivity contribution is 0.272. The Labute approximate surface area is 209 Å². The molecule has 5 heteroatoms. The van der Waals surface area contributed by atoms with E-state index in [4.69, 9.17) is 9.42 Å². The number of rotatable bonds is 11. The summed E-state index contributed by atoms with van der Waals surface area (Å²) in [6.45, 7) is 17.2. The van der Waals surface area contributed by atoms with E-state index >= 15 is 0 Å². The summed E-state index contributed by atoms with van der Waals surface area (Å²) in [6, 6.07) is 22.9. The van der Waals surface area contributed by atoms with Gasteiger partial charge in [0.1, 0.15) is 0 Å². The van der Waals surface area contributed by atoms with Crippen molar-refractivity contribution in [2.24, 2.45) is 4.99 Å². The van der Waals surface area contributed by atoms with E-state index in [1.54, 1.807) is 0 Å². The lowest BCUT2D eigenvalue weighted by atomic mass is 10.2. The van der Waals surface area contributed by atoms with Crippen LogP contribution in [0.15, 0.2) is 76.6 Å². The van der Waals surface area contributed by atoms with Crippen LogP contribution >= 0.6 is 11.8 Å². The maximum absolute atomic E-state index is 7.06. The molecule has 180 valence electrons. The molecule has 0 aliphatic heterocycles. The molecule has 0 N–H and O–H groups in total. The molecule has 1 unspecified atom stereocenters. The van der Waals surface area contributed by atoms with Crippen LogP contribution in [0.4, 0.5) is 0 Å². The zero-order valence-corrected chi connectivity index (χ0v) is 24.7. The first-order valence-corrected chi connectivity index (χ1v) is 18.9. The lowest BCUT2D eigenvalue weighted by Gasteiger charge is -2.44. The van der Waals surface area contributed by atoms with Gasteiger partial charge in [0.2, 0.25) is 0 Å². The molecule has 0 aromatic heterocycles. The number of nitrogens with zero attached hydrogens (tertiary/aromatic N) is 1. The molecule has 0 spiro atoms. The van der Waals surface area contributed by atoms with E-state index in [-0.39, 0.29) is 11.1 Å². The smallest absolute Gasteiger partial charge is 0.261 e. The van der Waals surface area contributed by atoms with Crippen LogP contribution in [0.25, 0.3) is 0 Å². The first-order chi connectivity index (χ1) is 15.5. The molecule has 2 aromatic rings. The Kier molecular flexibility index (Phi) is 10.4. The Bertz CT molecular complexity index is 859. The summed E-state index contributed by atoms with van der Waals surface area (Å²) in [4.78, 5) is 6.27. The predicted octanol–water partition coefficient (Wildman–Crippen LogP) is 7.00.